The van der Waals surface area contributed by atoms with Gasteiger partial charge >= 0.3 is 0 Å². The van der Waals surface area contributed by atoms with Gasteiger partial charge in [0.2, 0.25) is 5.91 Å². The van der Waals surface area contributed by atoms with E-state index in [4.69, 9.17) is 4.74 Å². The van der Waals surface area contributed by atoms with Crippen LogP contribution in [0.4, 0.5) is 0 Å². The van der Waals surface area contributed by atoms with E-state index in [1.165, 1.54) is 38.8 Å². The SMILES string of the molecule is O=C(CCCOc1ccccc1)N1CCC(N2CCCCCC2)CC1. The van der Waals surface area contributed by atoms with E-state index in [1.54, 1.807) is 0 Å². The molecule has 0 saturated carbocycles. The summed E-state index contributed by atoms with van der Waals surface area (Å²) in [6.07, 6.45) is 9.15. The Balaban J connectivity index is 1.32. The maximum absolute atomic E-state index is 12.4. The van der Waals surface area contributed by atoms with E-state index in [0.717, 1.165) is 38.1 Å². The van der Waals surface area contributed by atoms with Gasteiger partial charge in [-0.3, -0.25) is 4.79 Å². The molecule has 1 aromatic carbocycles. The molecule has 0 aromatic heterocycles. The van der Waals surface area contributed by atoms with E-state index in [-0.39, 0.29) is 0 Å². The third kappa shape index (κ3) is 5.74. The van der Waals surface area contributed by atoms with E-state index >= 15 is 0 Å². The lowest BCUT2D eigenvalue weighted by atomic mass is 10.0. The Kier molecular flexibility index (Phi) is 7.16. The van der Waals surface area contributed by atoms with Gasteiger partial charge in [0, 0.05) is 25.6 Å². The van der Waals surface area contributed by atoms with Gasteiger partial charge in [-0.25, -0.2) is 0 Å². The minimum absolute atomic E-state index is 0.297. The van der Waals surface area contributed by atoms with Crippen LogP contribution in [0.25, 0.3) is 0 Å². The van der Waals surface area contributed by atoms with Crippen LogP contribution >= 0.6 is 0 Å². The molecule has 0 spiro atoms. The van der Waals surface area contributed by atoms with Crippen LogP contribution < -0.4 is 4.74 Å². The van der Waals surface area contributed by atoms with Gasteiger partial charge in [0.25, 0.3) is 0 Å². The lowest BCUT2D eigenvalue weighted by Gasteiger charge is -2.38. The van der Waals surface area contributed by atoms with Crippen molar-refractivity contribution in [1.82, 2.24) is 9.80 Å². The van der Waals surface area contributed by atoms with Crippen molar-refractivity contribution in [1.29, 1.82) is 0 Å². The van der Waals surface area contributed by atoms with E-state index in [0.29, 0.717) is 25.0 Å². The van der Waals surface area contributed by atoms with E-state index in [9.17, 15) is 4.79 Å². The Morgan fingerprint density at radius 1 is 0.960 bits per heavy atom. The Labute approximate surface area is 152 Å². The molecular weight excluding hydrogens is 312 g/mol. The molecule has 0 bridgehead atoms. The van der Waals surface area contributed by atoms with Crippen LogP contribution in [0.2, 0.25) is 0 Å². The first kappa shape index (κ1) is 18.2. The summed E-state index contributed by atoms with van der Waals surface area (Å²) < 4.78 is 5.67. The quantitative estimate of drug-likeness (QED) is 0.738. The minimum atomic E-state index is 0.297. The van der Waals surface area contributed by atoms with Crippen molar-refractivity contribution in [2.75, 3.05) is 32.8 Å². The van der Waals surface area contributed by atoms with Crippen LogP contribution in [-0.4, -0.2) is 54.5 Å². The standard InChI is InChI=1S/C21H32N2O2/c24-21(11-8-18-25-20-9-4-3-5-10-20)23-16-12-19(13-17-23)22-14-6-1-2-7-15-22/h3-5,9-10,19H,1-2,6-8,11-18H2. The highest BCUT2D eigenvalue weighted by atomic mass is 16.5. The highest BCUT2D eigenvalue weighted by Crippen LogP contribution is 2.21. The molecule has 0 N–H and O–H groups in total. The van der Waals surface area contributed by atoms with Gasteiger partial charge in [-0.05, 0) is 57.3 Å². The zero-order chi connectivity index (χ0) is 17.3. The van der Waals surface area contributed by atoms with Crippen molar-refractivity contribution in [3.05, 3.63) is 30.3 Å². The van der Waals surface area contributed by atoms with Gasteiger partial charge < -0.3 is 14.5 Å². The highest BCUT2D eigenvalue weighted by Gasteiger charge is 2.26. The first-order valence-electron chi connectivity index (χ1n) is 10.0. The molecule has 2 heterocycles. The molecule has 25 heavy (non-hydrogen) atoms. The molecule has 138 valence electrons. The Morgan fingerprint density at radius 2 is 1.64 bits per heavy atom. The average Bonchev–Trinajstić information content (AvgIpc) is 2.95. The third-order valence-corrected chi connectivity index (χ3v) is 5.52. The second kappa shape index (κ2) is 9.81. The molecule has 1 amide bonds. The van der Waals surface area contributed by atoms with Crippen LogP contribution in [0.3, 0.4) is 0 Å². The fourth-order valence-electron chi connectivity index (χ4n) is 4.03. The van der Waals surface area contributed by atoms with Crippen LogP contribution in [0.15, 0.2) is 30.3 Å². The van der Waals surface area contributed by atoms with Gasteiger partial charge in [-0.15, -0.1) is 0 Å². The maximum Gasteiger partial charge on any atom is 0.222 e. The zero-order valence-corrected chi connectivity index (χ0v) is 15.4. The minimum Gasteiger partial charge on any atom is -0.494 e. The third-order valence-electron chi connectivity index (χ3n) is 5.52. The van der Waals surface area contributed by atoms with Crippen molar-refractivity contribution in [2.24, 2.45) is 0 Å². The summed E-state index contributed by atoms with van der Waals surface area (Å²) in [5.41, 5.74) is 0. The normalized spacial score (nSPS) is 20.2. The van der Waals surface area contributed by atoms with Crippen molar-refractivity contribution >= 4 is 5.91 Å². The number of hydrogen-bond acceptors (Lipinski definition) is 3. The van der Waals surface area contributed by atoms with Crippen LogP contribution in [0.5, 0.6) is 5.75 Å². The molecule has 0 atom stereocenters. The number of benzene rings is 1. The number of ether oxygens (including phenoxy) is 1. The summed E-state index contributed by atoms with van der Waals surface area (Å²) in [5, 5.41) is 0. The fourth-order valence-corrected chi connectivity index (χ4v) is 4.03. The van der Waals surface area contributed by atoms with Gasteiger partial charge in [0.1, 0.15) is 5.75 Å². The summed E-state index contributed by atoms with van der Waals surface area (Å²) in [6, 6.07) is 10.5. The number of amides is 1. The van der Waals surface area contributed by atoms with Crippen LogP contribution in [0.1, 0.15) is 51.4 Å². The Hall–Kier alpha value is -1.55. The molecule has 0 aliphatic carbocycles. The number of likely N-dealkylation sites (tertiary alicyclic amines) is 2. The maximum atomic E-state index is 12.4. The molecule has 2 fully saturated rings. The second-order valence-corrected chi connectivity index (χ2v) is 7.33. The van der Waals surface area contributed by atoms with Crippen molar-refractivity contribution in [3.8, 4) is 5.75 Å². The van der Waals surface area contributed by atoms with Gasteiger partial charge in [-0.2, -0.15) is 0 Å². The summed E-state index contributed by atoms with van der Waals surface area (Å²) in [7, 11) is 0. The summed E-state index contributed by atoms with van der Waals surface area (Å²) in [4.78, 5) is 17.2. The second-order valence-electron chi connectivity index (χ2n) is 7.33. The smallest absolute Gasteiger partial charge is 0.222 e. The van der Waals surface area contributed by atoms with Gasteiger partial charge in [0.05, 0.1) is 6.61 Å². The highest BCUT2D eigenvalue weighted by molar-refractivity contribution is 5.76. The van der Waals surface area contributed by atoms with Crippen molar-refractivity contribution in [2.45, 2.75) is 57.4 Å². The van der Waals surface area contributed by atoms with Crippen LogP contribution in [-0.2, 0) is 4.79 Å². The van der Waals surface area contributed by atoms with Crippen molar-refractivity contribution in [3.63, 3.8) is 0 Å². The molecule has 2 aliphatic rings. The number of rotatable bonds is 6. The van der Waals surface area contributed by atoms with E-state index in [2.05, 4.69) is 9.80 Å². The molecule has 0 radical (unpaired) electrons. The Bertz CT molecular complexity index is 504. The molecule has 3 rings (SSSR count). The molecule has 2 aliphatic heterocycles. The lowest BCUT2D eigenvalue weighted by molar-refractivity contribution is -0.133. The summed E-state index contributed by atoms with van der Waals surface area (Å²) >= 11 is 0. The average molecular weight is 344 g/mol. The lowest BCUT2D eigenvalue weighted by Crippen LogP contribution is -2.47. The molecule has 1 aromatic rings. The zero-order valence-electron chi connectivity index (χ0n) is 15.4. The number of carbonyl (C=O) groups is 1. The van der Waals surface area contributed by atoms with E-state index < -0.39 is 0 Å². The number of hydrogen-bond donors (Lipinski definition) is 0. The summed E-state index contributed by atoms with van der Waals surface area (Å²) in [6.45, 7) is 4.99. The fraction of sp³-hybridized carbons (Fsp3) is 0.667. The van der Waals surface area contributed by atoms with Gasteiger partial charge in [0.15, 0.2) is 0 Å². The molecule has 4 nitrogen and oxygen atoms in total. The molecular formula is C21H32N2O2. The predicted octanol–water partition coefficient (Wildman–Crippen LogP) is 3.71. The number of carbonyl (C=O) groups excluding carboxylic acids is 1. The van der Waals surface area contributed by atoms with E-state index in [1.807, 2.05) is 30.3 Å². The molecule has 4 heteroatoms. The predicted molar refractivity (Wildman–Crippen MR) is 101 cm³/mol. The monoisotopic (exact) mass is 344 g/mol. The number of para-hydroxylation sites is 1. The first-order valence-corrected chi connectivity index (χ1v) is 10.0. The molecule has 2 saturated heterocycles. The topological polar surface area (TPSA) is 32.8 Å². The number of nitrogens with zero attached hydrogens (tertiary/aromatic N) is 2. The van der Waals surface area contributed by atoms with Crippen LogP contribution in [0, 0.1) is 0 Å². The first-order chi connectivity index (χ1) is 12.3. The largest absolute Gasteiger partial charge is 0.494 e. The Morgan fingerprint density at radius 3 is 2.32 bits per heavy atom. The van der Waals surface area contributed by atoms with Crippen molar-refractivity contribution < 1.29 is 9.53 Å². The van der Waals surface area contributed by atoms with Gasteiger partial charge in [-0.1, -0.05) is 31.0 Å². The number of piperidine rings is 1. The summed E-state index contributed by atoms with van der Waals surface area (Å²) in [5.74, 6) is 1.18. The molecule has 0 unspecified atom stereocenters.